The molecule has 0 N–H and O–H groups in total. The maximum absolute atomic E-state index is 12.4. The number of hydrogen-bond acceptors (Lipinski definition) is 7. The number of benzene rings is 2. The maximum Gasteiger partial charge on any atom is 0.363 e. The second-order valence-electron chi connectivity index (χ2n) is 6.55. The van der Waals surface area contributed by atoms with E-state index < -0.39 is 5.97 Å². The minimum absolute atomic E-state index is 0.191. The number of hydrogen-bond donors (Lipinski definition) is 0. The van der Waals surface area contributed by atoms with Crippen molar-refractivity contribution in [1.82, 2.24) is 0 Å². The second-order valence-corrected chi connectivity index (χ2v) is 6.55. The molecule has 0 bridgehead atoms. The molecular formula is C23H25NO6. The number of rotatable bonds is 9. The lowest BCUT2D eigenvalue weighted by Crippen LogP contribution is -2.06. The van der Waals surface area contributed by atoms with E-state index in [-0.39, 0.29) is 11.6 Å². The van der Waals surface area contributed by atoms with Crippen molar-refractivity contribution in [2.75, 3.05) is 27.9 Å². The molecule has 0 saturated carbocycles. The first kappa shape index (κ1) is 21.2. The van der Waals surface area contributed by atoms with E-state index >= 15 is 0 Å². The smallest absolute Gasteiger partial charge is 0.363 e. The van der Waals surface area contributed by atoms with Crippen LogP contribution in [0.3, 0.4) is 0 Å². The average Bonchev–Trinajstić information content (AvgIpc) is 3.14. The molecule has 0 spiro atoms. The predicted molar refractivity (Wildman–Crippen MR) is 114 cm³/mol. The number of methoxy groups -OCH3 is 3. The van der Waals surface area contributed by atoms with E-state index in [0.717, 1.165) is 18.4 Å². The normalized spacial score (nSPS) is 14.3. The first-order valence-electron chi connectivity index (χ1n) is 9.64. The number of cyclic esters (lactones) is 1. The summed E-state index contributed by atoms with van der Waals surface area (Å²) in [6, 6.07) is 10.6. The Morgan fingerprint density at radius 2 is 1.70 bits per heavy atom. The van der Waals surface area contributed by atoms with Gasteiger partial charge < -0.3 is 23.7 Å². The highest BCUT2D eigenvalue weighted by Gasteiger charge is 2.25. The number of aliphatic imine (C=N–C) groups is 1. The molecule has 0 atom stereocenters. The molecule has 1 aliphatic rings. The number of esters is 1. The molecule has 0 unspecified atom stereocenters. The Morgan fingerprint density at radius 1 is 0.967 bits per heavy atom. The van der Waals surface area contributed by atoms with Gasteiger partial charge in [0.1, 0.15) is 11.5 Å². The highest BCUT2D eigenvalue weighted by molar-refractivity contribution is 6.13. The number of nitrogens with zero attached hydrogens (tertiary/aromatic N) is 1. The lowest BCUT2D eigenvalue weighted by atomic mass is 10.1. The van der Waals surface area contributed by atoms with E-state index in [4.69, 9.17) is 23.7 Å². The van der Waals surface area contributed by atoms with Crippen molar-refractivity contribution >= 4 is 17.9 Å². The summed E-state index contributed by atoms with van der Waals surface area (Å²) in [5, 5.41) is 0. The van der Waals surface area contributed by atoms with Crippen LogP contribution in [0.15, 0.2) is 47.1 Å². The van der Waals surface area contributed by atoms with Gasteiger partial charge in [0, 0.05) is 11.6 Å². The quantitative estimate of drug-likeness (QED) is 0.349. The first-order chi connectivity index (χ1) is 14.6. The summed E-state index contributed by atoms with van der Waals surface area (Å²) >= 11 is 0. The number of carbonyl (C=O) groups excluding carboxylic acids is 1. The van der Waals surface area contributed by atoms with Crippen molar-refractivity contribution in [3.63, 3.8) is 0 Å². The van der Waals surface area contributed by atoms with E-state index in [1.54, 1.807) is 51.7 Å². The summed E-state index contributed by atoms with van der Waals surface area (Å²) < 4.78 is 27.1. The van der Waals surface area contributed by atoms with Crippen LogP contribution in [-0.2, 0) is 9.53 Å². The lowest BCUT2D eigenvalue weighted by Gasteiger charge is -2.11. The van der Waals surface area contributed by atoms with Crippen LogP contribution in [0, 0.1) is 0 Å². The van der Waals surface area contributed by atoms with E-state index in [2.05, 4.69) is 11.9 Å². The SMILES string of the molecule is CCCCOc1cc(/C=C2\N=C(c3cc(OC)cc(OC)c3)OC2=O)ccc1OC. The minimum atomic E-state index is -0.531. The highest BCUT2D eigenvalue weighted by Crippen LogP contribution is 2.30. The van der Waals surface area contributed by atoms with Crippen LogP contribution in [0.1, 0.15) is 30.9 Å². The van der Waals surface area contributed by atoms with Crippen LogP contribution >= 0.6 is 0 Å². The minimum Gasteiger partial charge on any atom is -0.497 e. The van der Waals surface area contributed by atoms with Gasteiger partial charge in [-0.25, -0.2) is 9.79 Å². The van der Waals surface area contributed by atoms with Gasteiger partial charge in [-0.05, 0) is 42.3 Å². The summed E-state index contributed by atoms with van der Waals surface area (Å²) in [5.41, 5.74) is 1.53. The molecule has 0 fully saturated rings. The fourth-order valence-corrected chi connectivity index (χ4v) is 2.84. The number of ether oxygens (including phenoxy) is 5. The van der Waals surface area contributed by atoms with Crippen molar-refractivity contribution in [3.05, 3.63) is 53.2 Å². The van der Waals surface area contributed by atoms with Gasteiger partial charge in [-0.2, -0.15) is 0 Å². The largest absolute Gasteiger partial charge is 0.497 e. The molecule has 0 saturated heterocycles. The molecule has 0 aliphatic carbocycles. The molecule has 7 heteroatoms. The molecule has 158 valence electrons. The van der Waals surface area contributed by atoms with Crippen LogP contribution in [0.4, 0.5) is 0 Å². The van der Waals surface area contributed by atoms with Crippen molar-refractivity contribution in [2.45, 2.75) is 19.8 Å². The molecule has 0 aromatic heterocycles. The van der Waals surface area contributed by atoms with E-state index in [1.165, 1.54) is 0 Å². The summed E-state index contributed by atoms with van der Waals surface area (Å²) in [4.78, 5) is 16.7. The van der Waals surface area contributed by atoms with Crippen molar-refractivity contribution in [2.24, 2.45) is 4.99 Å². The van der Waals surface area contributed by atoms with E-state index in [9.17, 15) is 4.79 Å². The standard InChI is InChI=1S/C23H25NO6/c1-5-6-9-29-21-11-15(7-8-20(21)28-4)10-19-23(25)30-22(24-19)16-12-17(26-2)14-18(13-16)27-3/h7-8,10-14H,5-6,9H2,1-4H3/b19-10-. The summed E-state index contributed by atoms with van der Waals surface area (Å²) in [6.45, 7) is 2.69. The molecular weight excluding hydrogens is 386 g/mol. The Bertz CT molecular complexity index is 957. The number of carbonyl (C=O) groups is 1. The molecule has 7 nitrogen and oxygen atoms in total. The second kappa shape index (κ2) is 9.82. The van der Waals surface area contributed by atoms with Gasteiger partial charge in [0.25, 0.3) is 0 Å². The van der Waals surface area contributed by atoms with Crippen LogP contribution < -0.4 is 18.9 Å². The van der Waals surface area contributed by atoms with Crippen molar-refractivity contribution in [3.8, 4) is 23.0 Å². The molecule has 0 amide bonds. The monoisotopic (exact) mass is 411 g/mol. The van der Waals surface area contributed by atoms with Gasteiger partial charge in [0.2, 0.25) is 5.90 Å². The highest BCUT2D eigenvalue weighted by atomic mass is 16.6. The number of unbranched alkanes of at least 4 members (excludes halogenated alkanes) is 1. The van der Waals surface area contributed by atoms with Gasteiger partial charge >= 0.3 is 5.97 Å². The van der Waals surface area contributed by atoms with Crippen LogP contribution in [0.5, 0.6) is 23.0 Å². The van der Waals surface area contributed by atoms with Crippen LogP contribution in [-0.4, -0.2) is 39.8 Å². The zero-order chi connectivity index (χ0) is 21.5. The molecule has 2 aromatic carbocycles. The fourth-order valence-electron chi connectivity index (χ4n) is 2.84. The average molecular weight is 411 g/mol. The Balaban J connectivity index is 1.90. The summed E-state index contributed by atoms with van der Waals surface area (Å²) in [7, 11) is 4.69. The molecule has 2 aromatic rings. The third-order valence-corrected chi connectivity index (χ3v) is 4.47. The van der Waals surface area contributed by atoms with Crippen molar-refractivity contribution < 1.29 is 28.5 Å². The zero-order valence-corrected chi connectivity index (χ0v) is 17.6. The molecule has 30 heavy (non-hydrogen) atoms. The Kier molecular flexibility index (Phi) is 6.95. The first-order valence-corrected chi connectivity index (χ1v) is 9.64. The molecule has 1 aliphatic heterocycles. The Morgan fingerprint density at radius 3 is 2.33 bits per heavy atom. The molecule has 1 heterocycles. The van der Waals surface area contributed by atoms with Crippen molar-refractivity contribution in [1.29, 1.82) is 0 Å². The van der Waals surface area contributed by atoms with Gasteiger partial charge in [0.15, 0.2) is 17.2 Å². The zero-order valence-electron chi connectivity index (χ0n) is 17.6. The summed E-state index contributed by atoms with van der Waals surface area (Å²) in [6.07, 6.45) is 3.63. The molecule has 3 rings (SSSR count). The topological polar surface area (TPSA) is 75.6 Å². The third-order valence-electron chi connectivity index (χ3n) is 4.47. The Labute approximate surface area is 175 Å². The predicted octanol–water partition coefficient (Wildman–Crippen LogP) is 4.24. The third kappa shape index (κ3) is 4.92. The van der Waals surface area contributed by atoms with E-state index in [0.29, 0.717) is 35.2 Å². The van der Waals surface area contributed by atoms with Gasteiger partial charge in [-0.3, -0.25) is 0 Å². The fraction of sp³-hybridized carbons (Fsp3) is 0.304. The summed E-state index contributed by atoms with van der Waals surface area (Å²) in [5.74, 6) is 2.06. The van der Waals surface area contributed by atoms with Crippen LogP contribution in [0.2, 0.25) is 0 Å². The van der Waals surface area contributed by atoms with Gasteiger partial charge in [-0.1, -0.05) is 19.4 Å². The Hall–Kier alpha value is -3.48. The lowest BCUT2D eigenvalue weighted by molar-refractivity contribution is -0.129. The van der Waals surface area contributed by atoms with Gasteiger partial charge in [-0.15, -0.1) is 0 Å². The maximum atomic E-state index is 12.4. The van der Waals surface area contributed by atoms with Crippen LogP contribution in [0.25, 0.3) is 6.08 Å². The van der Waals surface area contributed by atoms with Gasteiger partial charge in [0.05, 0.1) is 27.9 Å². The van der Waals surface area contributed by atoms with E-state index in [1.807, 2.05) is 12.1 Å². The molecule has 0 radical (unpaired) electrons.